The molecular weight excluding hydrogens is 220 g/mol. The first-order valence-corrected chi connectivity index (χ1v) is 5.42. The van der Waals surface area contributed by atoms with Crippen LogP contribution in [-0.2, 0) is 11.3 Å². The second-order valence-electron chi connectivity index (χ2n) is 3.77. The summed E-state index contributed by atoms with van der Waals surface area (Å²) < 4.78 is 6.62. The van der Waals surface area contributed by atoms with Crippen LogP contribution >= 0.6 is 0 Å². The number of aryl methyl sites for hydroxylation is 1. The Kier molecular flexibility index (Phi) is 3.10. The Morgan fingerprint density at radius 3 is 2.94 bits per heavy atom. The van der Waals surface area contributed by atoms with E-state index < -0.39 is 5.97 Å². The number of aromatic nitrogens is 2. The Balaban J connectivity index is 2.49. The third-order valence-corrected chi connectivity index (χ3v) is 2.46. The van der Waals surface area contributed by atoms with Crippen molar-refractivity contribution in [3.63, 3.8) is 0 Å². The van der Waals surface area contributed by atoms with E-state index in [9.17, 15) is 4.79 Å². The molecule has 0 atom stereocenters. The number of aliphatic hydroxyl groups excluding tert-OH is 1. The number of hydrogen-bond acceptors (Lipinski definition) is 4. The Labute approximate surface area is 98.7 Å². The first-order valence-electron chi connectivity index (χ1n) is 5.42. The number of carbonyl (C=O) groups is 1. The zero-order chi connectivity index (χ0) is 12.4. The summed E-state index contributed by atoms with van der Waals surface area (Å²) in [7, 11) is 0. The molecule has 17 heavy (non-hydrogen) atoms. The van der Waals surface area contributed by atoms with Crippen LogP contribution in [-0.4, -0.2) is 27.1 Å². The molecule has 0 saturated heterocycles. The number of carbonyl (C=O) groups excluding carboxylic acids is 1. The molecule has 2 aromatic rings. The molecule has 0 aliphatic carbocycles. The number of rotatable bonds is 3. The molecule has 0 aromatic carbocycles. The van der Waals surface area contributed by atoms with Gasteiger partial charge in [-0.1, -0.05) is 0 Å². The van der Waals surface area contributed by atoms with Gasteiger partial charge in [-0.2, -0.15) is 0 Å². The van der Waals surface area contributed by atoms with Gasteiger partial charge in [-0.25, -0.2) is 9.78 Å². The Morgan fingerprint density at radius 1 is 1.53 bits per heavy atom. The fourth-order valence-corrected chi connectivity index (χ4v) is 1.73. The zero-order valence-corrected chi connectivity index (χ0v) is 9.80. The minimum Gasteiger partial charge on any atom is -0.461 e. The van der Waals surface area contributed by atoms with Crippen LogP contribution in [0.25, 0.3) is 5.65 Å². The van der Waals surface area contributed by atoms with Crippen molar-refractivity contribution in [1.82, 2.24) is 9.38 Å². The number of ether oxygens (including phenoxy) is 1. The molecule has 2 rings (SSSR count). The second-order valence-corrected chi connectivity index (χ2v) is 3.77. The highest BCUT2D eigenvalue weighted by molar-refractivity contribution is 5.88. The van der Waals surface area contributed by atoms with Crippen molar-refractivity contribution in [3.05, 3.63) is 35.3 Å². The smallest absolute Gasteiger partial charge is 0.358 e. The molecule has 0 aliphatic heterocycles. The van der Waals surface area contributed by atoms with E-state index in [4.69, 9.17) is 9.84 Å². The molecule has 5 nitrogen and oxygen atoms in total. The fourth-order valence-electron chi connectivity index (χ4n) is 1.73. The molecule has 2 aromatic heterocycles. The molecule has 0 unspecified atom stereocenters. The number of esters is 1. The van der Waals surface area contributed by atoms with Crippen molar-refractivity contribution in [3.8, 4) is 0 Å². The van der Waals surface area contributed by atoms with Crippen molar-refractivity contribution in [2.24, 2.45) is 0 Å². The normalized spacial score (nSPS) is 10.8. The van der Waals surface area contributed by atoms with Crippen LogP contribution in [0.2, 0.25) is 0 Å². The topological polar surface area (TPSA) is 63.8 Å². The van der Waals surface area contributed by atoms with Crippen LogP contribution in [0, 0.1) is 6.92 Å². The summed E-state index contributed by atoms with van der Waals surface area (Å²) in [5, 5.41) is 9.10. The van der Waals surface area contributed by atoms with Gasteiger partial charge in [-0.3, -0.25) is 0 Å². The van der Waals surface area contributed by atoms with Gasteiger partial charge in [-0.15, -0.1) is 0 Å². The predicted octanol–water partition coefficient (Wildman–Crippen LogP) is 1.31. The van der Waals surface area contributed by atoms with Crippen molar-refractivity contribution in [2.75, 3.05) is 6.61 Å². The minimum atomic E-state index is -0.429. The summed E-state index contributed by atoms with van der Waals surface area (Å²) in [6.07, 6.45) is 3.36. The highest BCUT2D eigenvalue weighted by Crippen LogP contribution is 2.14. The lowest BCUT2D eigenvalue weighted by Crippen LogP contribution is -2.04. The van der Waals surface area contributed by atoms with E-state index in [2.05, 4.69) is 4.98 Å². The molecule has 0 aliphatic rings. The molecule has 90 valence electrons. The van der Waals surface area contributed by atoms with Crippen molar-refractivity contribution >= 4 is 11.6 Å². The standard InChI is InChI=1S/C12H14N2O3/c1-3-17-12(16)10-6-14-5-9(7-15)4-8(2)11(14)13-10/h4-6,15H,3,7H2,1-2H3. The number of nitrogens with zero attached hydrogens (tertiary/aromatic N) is 2. The Morgan fingerprint density at radius 2 is 2.29 bits per heavy atom. The molecule has 0 radical (unpaired) electrons. The summed E-state index contributed by atoms with van der Waals surface area (Å²) in [5.74, 6) is -0.429. The molecule has 0 amide bonds. The van der Waals surface area contributed by atoms with E-state index in [0.717, 1.165) is 11.1 Å². The van der Waals surface area contributed by atoms with Crippen LogP contribution in [0.4, 0.5) is 0 Å². The summed E-state index contributed by atoms with van der Waals surface area (Å²) >= 11 is 0. The van der Waals surface area contributed by atoms with Crippen molar-refractivity contribution < 1.29 is 14.6 Å². The van der Waals surface area contributed by atoms with Crippen LogP contribution < -0.4 is 0 Å². The minimum absolute atomic E-state index is 0.0380. The third kappa shape index (κ3) is 2.14. The zero-order valence-electron chi connectivity index (χ0n) is 9.80. The van der Waals surface area contributed by atoms with Gasteiger partial charge in [0.25, 0.3) is 0 Å². The van der Waals surface area contributed by atoms with Crippen LogP contribution in [0.15, 0.2) is 18.5 Å². The van der Waals surface area contributed by atoms with E-state index in [1.807, 2.05) is 13.0 Å². The van der Waals surface area contributed by atoms with Gasteiger partial charge in [0, 0.05) is 12.4 Å². The SMILES string of the molecule is CCOC(=O)c1cn2cc(CO)cc(C)c2n1. The van der Waals surface area contributed by atoms with Gasteiger partial charge in [0.1, 0.15) is 5.65 Å². The molecule has 0 fully saturated rings. The largest absolute Gasteiger partial charge is 0.461 e. The van der Waals surface area contributed by atoms with E-state index in [1.54, 1.807) is 23.7 Å². The van der Waals surface area contributed by atoms with E-state index in [-0.39, 0.29) is 12.3 Å². The number of aliphatic hydroxyl groups is 1. The second kappa shape index (κ2) is 4.55. The molecule has 0 spiro atoms. The molecule has 1 N–H and O–H groups in total. The van der Waals surface area contributed by atoms with Gasteiger partial charge in [0.15, 0.2) is 5.69 Å². The quantitative estimate of drug-likeness (QED) is 0.813. The predicted molar refractivity (Wildman–Crippen MR) is 61.8 cm³/mol. The summed E-state index contributed by atoms with van der Waals surface area (Å²) in [4.78, 5) is 15.7. The lowest BCUT2D eigenvalue weighted by atomic mass is 10.2. The lowest BCUT2D eigenvalue weighted by molar-refractivity contribution is 0.0520. The molecule has 5 heteroatoms. The number of hydrogen-bond donors (Lipinski definition) is 1. The third-order valence-electron chi connectivity index (χ3n) is 2.46. The molecule has 0 saturated carbocycles. The molecular formula is C12H14N2O3. The maximum absolute atomic E-state index is 11.5. The summed E-state index contributed by atoms with van der Waals surface area (Å²) in [6, 6.07) is 1.84. The maximum atomic E-state index is 11.5. The molecule has 2 heterocycles. The summed E-state index contributed by atoms with van der Waals surface area (Å²) in [6.45, 7) is 3.93. The Bertz CT molecular complexity index is 560. The average Bonchev–Trinajstić information content (AvgIpc) is 2.73. The number of fused-ring (bicyclic) bond motifs is 1. The monoisotopic (exact) mass is 234 g/mol. The van der Waals surface area contributed by atoms with E-state index in [1.165, 1.54) is 0 Å². The van der Waals surface area contributed by atoms with E-state index >= 15 is 0 Å². The highest BCUT2D eigenvalue weighted by Gasteiger charge is 2.13. The highest BCUT2D eigenvalue weighted by atomic mass is 16.5. The fraction of sp³-hybridized carbons (Fsp3) is 0.333. The average molecular weight is 234 g/mol. The maximum Gasteiger partial charge on any atom is 0.358 e. The number of imidazole rings is 1. The molecule has 0 bridgehead atoms. The first-order chi connectivity index (χ1) is 8.15. The van der Waals surface area contributed by atoms with Crippen molar-refractivity contribution in [1.29, 1.82) is 0 Å². The number of pyridine rings is 1. The first kappa shape index (κ1) is 11.6. The van der Waals surface area contributed by atoms with E-state index in [0.29, 0.717) is 12.3 Å². The van der Waals surface area contributed by atoms with Crippen molar-refractivity contribution in [2.45, 2.75) is 20.5 Å². The van der Waals surface area contributed by atoms with Crippen LogP contribution in [0.1, 0.15) is 28.5 Å². The Hall–Kier alpha value is -1.88. The van der Waals surface area contributed by atoms with Gasteiger partial charge in [0.2, 0.25) is 0 Å². The lowest BCUT2D eigenvalue weighted by Gasteiger charge is -2.01. The van der Waals surface area contributed by atoms with Crippen LogP contribution in [0.5, 0.6) is 0 Å². The van der Waals surface area contributed by atoms with Gasteiger partial charge < -0.3 is 14.2 Å². The van der Waals surface area contributed by atoms with Gasteiger partial charge in [0.05, 0.1) is 13.2 Å². The van der Waals surface area contributed by atoms with Crippen LogP contribution in [0.3, 0.4) is 0 Å². The van der Waals surface area contributed by atoms with Gasteiger partial charge in [-0.05, 0) is 31.0 Å². The van der Waals surface area contributed by atoms with Gasteiger partial charge >= 0.3 is 5.97 Å². The summed E-state index contributed by atoms with van der Waals surface area (Å²) in [5.41, 5.74) is 2.67.